The van der Waals surface area contributed by atoms with Crippen LogP contribution in [0.15, 0.2) is 0 Å². The van der Waals surface area contributed by atoms with Gasteiger partial charge in [0.2, 0.25) is 5.91 Å². The minimum absolute atomic E-state index is 0.156. The summed E-state index contributed by atoms with van der Waals surface area (Å²) in [6.45, 7) is 1.16. The summed E-state index contributed by atoms with van der Waals surface area (Å²) in [6.07, 6.45) is 4.51. The molecule has 1 heterocycles. The molecule has 84 valence electrons. The average Bonchev–Trinajstić information content (AvgIpc) is 3.02. The van der Waals surface area contributed by atoms with Gasteiger partial charge in [-0.25, -0.2) is 0 Å². The molecule has 0 aromatic heterocycles. The first-order valence-electron chi connectivity index (χ1n) is 5.67. The number of carboxylic acids is 1. The van der Waals surface area contributed by atoms with Crippen molar-refractivity contribution >= 4 is 11.9 Å². The Labute approximate surface area is 89.3 Å². The van der Waals surface area contributed by atoms with E-state index in [-0.39, 0.29) is 11.8 Å². The van der Waals surface area contributed by atoms with Gasteiger partial charge < -0.3 is 10.0 Å². The van der Waals surface area contributed by atoms with Gasteiger partial charge in [-0.3, -0.25) is 9.59 Å². The number of nitrogens with zero attached hydrogens (tertiary/aromatic N) is 1. The van der Waals surface area contributed by atoms with Crippen LogP contribution in [0.25, 0.3) is 0 Å². The first kappa shape index (κ1) is 10.5. The van der Waals surface area contributed by atoms with Crippen LogP contribution in [0.3, 0.4) is 0 Å². The highest BCUT2D eigenvalue weighted by atomic mass is 16.4. The van der Waals surface area contributed by atoms with Gasteiger partial charge in [0.05, 0.1) is 5.92 Å². The van der Waals surface area contributed by atoms with E-state index in [4.69, 9.17) is 5.11 Å². The molecule has 1 saturated heterocycles. The predicted octanol–water partition coefficient (Wildman–Crippen LogP) is 1.11. The maximum atomic E-state index is 11.7. The molecule has 4 heteroatoms. The molecule has 1 saturated carbocycles. The highest BCUT2D eigenvalue weighted by Gasteiger charge is 2.31. The molecule has 0 radical (unpaired) electrons. The Morgan fingerprint density at radius 3 is 2.60 bits per heavy atom. The number of carboxylic acid groups (broad SMARTS) is 1. The molecule has 2 fully saturated rings. The van der Waals surface area contributed by atoms with Gasteiger partial charge in [-0.2, -0.15) is 0 Å². The molecule has 4 nitrogen and oxygen atoms in total. The standard InChI is InChI=1S/C11H17NO3/c13-10(6-8-3-4-8)12-5-1-2-9(7-12)11(14)15/h8-9H,1-7H2,(H,14,15)/t9-/m1/s1. The second-order valence-electron chi connectivity index (χ2n) is 4.66. The summed E-state index contributed by atoms with van der Waals surface area (Å²) in [5.74, 6) is -0.369. The first-order chi connectivity index (χ1) is 7.16. The molecule has 1 atom stereocenters. The number of aliphatic carboxylic acids is 1. The average molecular weight is 211 g/mol. The van der Waals surface area contributed by atoms with Crippen molar-refractivity contribution < 1.29 is 14.7 Å². The van der Waals surface area contributed by atoms with Crippen LogP contribution in [-0.4, -0.2) is 35.0 Å². The largest absolute Gasteiger partial charge is 0.481 e. The summed E-state index contributed by atoms with van der Waals surface area (Å²) in [5, 5.41) is 8.89. The zero-order valence-electron chi connectivity index (χ0n) is 8.82. The molecule has 2 rings (SSSR count). The second-order valence-corrected chi connectivity index (χ2v) is 4.66. The van der Waals surface area contributed by atoms with Crippen molar-refractivity contribution in [2.75, 3.05) is 13.1 Å². The minimum atomic E-state index is -0.765. The molecule has 0 aromatic carbocycles. The third kappa shape index (κ3) is 2.70. The predicted molar refractivity (Wildman–Crippen MR) is 54.3 cm³/mol. The van der Waals surface area contributed by atoms with Gasteiger partial charge in [-0.15, -0.1) is 0 Å². The molecule has 0 unspecified atom stereocenters. The van der Waals surface area contributed by atoms with Crippen LogP contribution in [0.2, 0.25) is 0 Å². The summed E-state index contributed by atoms with van der Waals surface area (Å²) < 4.78 is 0. The zero-order valence-corrected chi connectivity index (χ0v) is 8.82. The molecule has 15 heavy (non-hydrogen) atoms. The Hall–Kier alpha value is -1.06. The number of hydrogen-bond acceptors (Lipinski definition) is 2. The molecule has 1 aliphatic carbocycles. The van der Waals surface area contributed by atoms with Crippen LogP contribution >= 0.6 is 0 Å². The van der Waals surface area contributed by atoms with Gasteiger partial charge in [0.25, 0.3) is 0 Å². The van der Waals surface area contributed by atoms with Crippen molar-refractivity contribution in [1.29, 1.82) is 0 Å². The third-order valence-corrected chi connectivity index (χ3v) is 3.28. The molecule has 1 N–H and O–H groups in total. The van der Waals surface area contributed by atoms with Crippen molar-refractivity contribution in [3.8, 4) is 0 Å². The maximum Gasteiger partial charge on any atom is 0.308 e. The number of carbonyl (C=O) groups excluding carboxylic acids is 1. The number of rotatable bonds is 3. The van der Waals surface area contributed by atoms with Crippen molar-refractivity contribution in [3.63, 3.8) is 0 Å². The van der Waals surface area contributed by atoms with Crippen molar-refractivity contribution in [2.45, 2.75) is 32.1 Å². The lowest BCUT2D eigenvalue weighted by atomic mass is 9.98. The van der Waals surface area contributed by atoms with Crippen LogP contribution in [-0.2, 0) is 9.59 Å². The first-order valence-corrected chi connectivity index (χ1v) is 5.67. The fourth-order valence-corrected chi connectivity index (χ4v) is 2.10. The second kappa shape index (κ2) is 4.21. The molecule has 1 aliphatic heterocycles. The zero-order chi connectivity index (χ0) is 10.8. The van der Waals surface area contributed by atoms with Crippen molar-refractivity contribution in [3.05, 3.63) is 0 Å². The molecular weight excluding hydrogens is 194 g/mol. The normalized spacial score (nSPS) is 26.4. The van der Waals surface area contributed by atoms with E-state index in [9.17, 15) is 9.59 Å². The highest BCUT2D eigenvalue weighted by molar-refractivity contribution is 5.78. The van der Waals surface area contributed by atoms with Gasteiger partial charge >= 0.3 is 5.97 Å². The smallest absolute Gasteiger partial charge is 0.308 e. The van der Waals surface area contributed by atoms with Crippen molar-refractivity contribution in [2.24, 2.45) is 11.8 Å². The van der Waals surface area contributed by atoms with E-state index in [0.717, 1.165) is 13.0 Å². The van der Waals surface area contributed by atoms with Gasteiger partial charge in [0.15, 0.2) is 0 Å². The van der Waals surface area contributed by atoms with Gasteiger partial charge in [-0.05, 0) is 31.6 Å². The van der Waals surface area contributed by atoms with E-state index in [0.29, 0.717) is 25.3 Å². The Kier molecular flexibility index (Phi) is 2.93. The summed E-state index contributed by atoms with van der Waals surface area (Å²) in [5.41, 5.74) is 0. The van der Waals surface area contributed by atoms with E-state index >= 15 is 0 Å². The number of likely N-dealkylation sites (tertiary alicyclic amines) is 1. The van der Waals surface area contributed by atoms with Crippen LogP contribution in [0.4, 0.5) is 0 Å². The fourth-order valence-electron chi connectivity index (χ4n) is 2.10. The van der Waals surface area contributed by atoms with Crippen LogP contribution in [0, 0.1) is 11.8 Å². The lowest BCUT2D eigenvalue weighted by Gasteiger charge is -2.30. The quantitative estimate of drug-likeness (QED) is 0.760. The van der Waals surface area contributed by atoms with E-state index in [1.165, 1.54) is 12.8 Å². The van der Waals surface area contributed by atoms with Gasteiger partial charge in [-0.1, -0.05) is 0 Å². The highest BCUT2D eigenvalue weighted by Crippen LogP contribution is 2.33. The number of amides is 1. The third-order valence-electron chi connectivity index (χ3n) is 3.28. The molecule has 0 spiro atoms. The van der Waals surface area contributed by atoms with E-state index < -0.39 is 5.97 Å². The lowest BCUT2D eigenvalue weighted by Crippen LogP contribution is -2.42. The molecule has 1 amide bonds. The Morgan fingerprint density at radius 2 is 2.00 bits per heavy atom. The van der Waals surface area contributed by atoms with E-state index in [1.807, 2.05) is 0 Å². The lowest BCUT2D eigenvalue weighted by molar-refractivity contribution is -0.145. The van der Waals surface area contributed by atoms with Gasteiger partial charge in [0.1, 0.15) is 0 Å². The number of hydrogen-bond donors (Lipinski definition) is 1. The summed E-state index contributed by atoms with van der Waals surface area (Å²) in [7, 11) is 0. The molecule has 2 aliphatic rings. The van der Waals surface area contributed by atoms with E-state index in [1.54, 1.807) is 4.90 Å². The minimum Gasteiger partial charge on any atom is -0.481 e. The summed E-state index contributed by atoms with van der Waals surface area (Å²) in [4.78, 5) is 24.3. The molecule has 0 bridgehead atoms. The Balaban J connectivity index is 1.85. The SMILES string of the molecule is O=C(O)[C@@H]1CCCN(C(=O)CC2CC2)C1. The van der Waals surface area contributed by atoms with Crippen LogP contribution in [0.5, 0.6) is 0 Å². The monoisotopic (exact) mass is 211 g/mol. The van der Waals surface area contributed by atoms with E-state index in [2.05, 4.69) is 0 Å². The maximum absolute atomic E-state index is 11.7. The van der Waals surface area contributed by atoms with Gasteiger partial charge in [0, 0.05) is 19.5 Å². The number of carbonyl (C=O) groups is 2. The van der Waals surface area contributed by atoms with Crippen molar-refractivity contribution in [1.82, 2.24) is 4.90 Å². The summed E-state index contributed by atoms with van der Waals surface area (Å²) >= 11 is 0. The molecular formula is C11H17NO3. The number of piperidine rings is 1. The summed E-state index contributed by atoms with van der Waals surface area (Å²) in [6, 6.07) is 0. The van der Waals surface area contributed by atoms with Crippen LogP contribution in [0.1, 0.15) is 32.1 Å². The molecule has 0 aromatic rings. The Morgan fingerprint density at radius 1 is 1.27 bits per heavy atom. The Bertz CT molecular complexity index is 273. The van der Waals surface area contributed by atoms with Crippen LogP contribution < -0.4 is 0 Å². The fraction of sp³-hybridized carbons (Fsp3) is 0.818. The topological polar surface area (TPSA) is 57.6 Å².